The first-order valence-corrected chi connectivity index (χ1v) is 12.8. The van der Waals surface area contributed by atoms with Gasteiger partial charge in [-0.2, -0.15) is 0 Å². The van der Waals surface area contributed by atoms with E-state index in [1.807, 2.05) is 48.8 Å². The Bertz CT molecular complexity index is 1300. The van der Waals surface area contributed by atoms with Crippen molar-refractivity contribution in [3.05, 3.63) is 78.5 Å². The lowest BCUT2D eigenvalue weighted by molar-refractivity contribution is 0.238. The van der Waals surface area contributed by atoms with Crippen LogP contribution in [0.1, 0.15) is 45.1 Å². The molecule has 1 aliphatic rings. The molecule has 3 aromatic heterocycles. The fourth-order valence-corrected chi connectivity index (χ4v) is 4.80. The third-order valence-corrected chi connectivity index (χ3v) is 6.72. The SMILES string of the molecule is Cc1c(-c2ccnc(-c3ccc(OCCN4CCCC4)cc3)c2)nc(C(C)(C)C)n1-c1ccccn1. The molecule has 186 valence electrons. The van der Waals surface area contributed by atoms with E-state index in [1.165, 1.54) is 25.9 Å². The Balaban J connectivity index is 1.40. The zero-order chi connectivity index (χ0) is 25.1. The van der Waals surface area contributed by atoms with Crippen molar-refractivity contribution in [1.29, 1.82) is 0 Å². The molecule has 6 heteroatoms. The molecule has 0 unspecified atom stereocenters. The summed E-state index contributed by atoms with van der Waals surface area (Å²) in [6.07, 6.45) is 6.30. The minimum atomic E-state index is -0.138. The molecule has 4 heterocycles. The first-order valence-electron chi connectivity index (χ1n) is 12.8. The number of ether oxygens (including phenoxy) is 1. The van der Waals surface area contributed by atoms with Gasteiger partial charge >= 0.3 is 0 Å². The molecule has 0 radical (unpaired) electrons. The van der Waals surface area contributed by atoms with Crippen LogP contribution in [0.25, 0.3) is 28.3 Å². The van der Waals surface area contributed by atoms with Gasteiger partial charge in [0.05, 0.1) is 11.4 Å². The quantitative estimate of drug-likeness (QED) is 0.320. The molecule has 6 nitrogen and oxygen atoms in total. The lowest BCUT2D eigenvalue weighted by Gasteiger charge is -2.20. The van der Waals surface area contributed by atoms with Crippen LogP contribution in [0.3, 0.4) is 0 Å². The summed E-state index contributed by atoms with van der Waals surface area (Å²) in [5, 5.41) is 0. The Morgan fingerprint density at radius 1 is 0.889 bits per heavy atom. The number of aromatic nitrogens is 4. The van der Waals surface area contributed by atoms with Gasteiger partial charge in [0.15, 0.2) is 0 Å². The summed E-state index contributed by atoms with van der Waals surface area (Å²) in [5.74, 6) is 2.77. The largest absolute Gasteiger partial charge is 0.492 e. The molecule has 0 aliphatic carbocycles. The Hall–Kier alpha value is -3.51. The summed E-state index contributed by atoms with van der Waals surface area (Å²) in [6.45, 7) is 12.8. The Labute approximate surface area is 214 Å². The van der Waals surface area contributed by atoms with E-state index in [0.717, 1.165) is 58.8 Å². The van der Waals surface area contributed by atoms with Crippen molar-refractivity contribution in [3.63, 3.8) is 0 Å². The molecule has 0 bridgehead atoms. The van der Waals surface area contributed by atoms with Gasteiger partial charge in [0, 0.05) is 41.2 Å². The Kier molecular flexibility index (Phi) is 6.88. The van der Waals surface area contributed by atoms with Crippen LogP contribution in [-0.4, -0.2) is 50.7 Å². The number of hydrogen-bond acceptors (Lipinski definition) is 5. The fourth-order valence-electron chi connectivity index (χ4n) is 4.80. The average molecular weight is 482 g/mol. The topological polar surface area (TPSA) is 56.1 Å². The van der Waals surface area contributed by atoms with Gasteiger partial charge in [0.1, 0.15) is 24.0 Å². The van der Waals surface area contributed by atoms with Gasteiger partial charge in [-0.15, -0.1) is 0 Å². The summed E-state index contributed by atoms with van der Waals surface area (Å²) in [5.41, 5.74) is 4.90. The first-order chi connectivity index (χ1) is 17.4. The van der Waals surface area contributed by atoms with Gasteiger partial charge in [-0.3, -0.25) is 14.5 Å². The van der Waals surface area contributed by atoms with Crippen LogP contribution < -0.4 is 4.74 Å². The molecule has 4 aromatic rings. The Morgan fingerprint density at radius 3 is 2.36 bits per heavy atom. The minimum absolute atomic E-state index is 0.138. The second-order valence-electron chi connectivity index (χ2n) is 10.5. The summed E-state index contributed by atoms with van der Waals surface area (Å²) >= 11 is 0. The number of hydrogen-bond donors (Lipinski definition) is 0. The maximum Gasteiger partial charge on any atom is 0.138 e. The number of nitrogens with zero attached hydrogens (tertiary/aromatic N) is 5. The Morgan fingerprint density at radius 2 is 1.67 bits per heavy atom. The van der Waals surface area contributed by atoms with Crippen molar-refractivity contribution in [2.24, 2.45) is 0 Å². The number of benzene rings is 1. The molecule has 0 spiro atoms. The van der Waals surface area contributed by atoms with Crippen LogP contribution in [0.15, 0.2) is 67.0 Å². The van der Waals surface area contributed by atoms with Gasteiger partial charge < -0.3 is 4.74 Å². The van der Waals surface area contributed by atoms with E-state index in [4.69, 9.17) is 9.72 Å². The number of rotatable bonds is 7. The number of imidazole rings is 1. The smallest absolute Gasteiger partial charge is 0.138 e. The molecule has 1 saturated heterocycles. The molecule has 1 aliphatic heterocycles. The molecule has 0 N–H and O–H groups in total. The fraction of sp³-hybridized carbons (Fsp3) is 0.367. The van der Waals surface area contributed by atoms with Crippen molar-refractivity contribution >= 4 is 0 Å². The van der Waals surface area contributed by atoms with Crippen molar-refractivity contribution in [2.75, 3.05) is 26.2 Å². The molecular formula is C30H35N5O. The van der Waals surface area contributed by atoms with Crippen LogP contribution in [0.5, 0.6) is 5.75 Å². The predicted molar refractivity (Wildman–Crippen MR) is 145 cm³/mol. The predicted octanol–water partition coefficient (Wildman–Crippen LogP) is 6.08. The van der Waals surface area contributed by atoms with Crippen molar-refractivity contribution in [3.8, 4) is 34.1 Å². The average Bonchev–Trinajstić information content (AvgIpc) is 3.53. The van der Waals surface area contributed by atoms with Crippen LogP contribution >= 0.6 is 0 Å². The van der Waals surface area contributed by atoms with E-state index in [2.05, 4.69) is 65.3 Å². The highest BCUT2D eigenvalue weighted by Gasteiger charge is 2.26. The third kappa shape index (κ3) is 5.19. The second-order valence-corrected chi connectivity index (χ2v) is 10.5. The van der Waals surface area contributed by atoms with Crippen LogP contribution in [0.2, 0.25) is 0 Å². The molecule has 0 saturated carbocycles. The standard InChI is InChI=1S/C30H35N5O/c1-22-28(33-29(30(2,3)4)35(22)27-9-5-6-15-32-27)24-14-16-31-26(21-24)23-10-12-25(13-11-23)36-20-19-34-17-7-8-18-34/h5-6,9-16,21H,7-8,17-20H2,1-4H3. The lowest BCUT2D eigenvalue weighted by Crippen LogP contribution is -2.25. The van der Waals surface area contributed by atoms with Crippen LogP contribution in [-0.2, 0) is 5.41 Å². The normalized spacial score (nSPS) is 14.3. The van der Waals surface area contributed by atoms with Gasteiger partial charge in [0.25, 0.3) is 0 Å². The molecule has 1 fully saturated rings. The van der Waals surface area contributed by atoms with E-state index in [9.17, 15) is 0 Å². The van der Waals surface area contributed by atoms with Gasteiger partial charge in [-0.05, 0) is 81.4 Å². The van der Waals surface area contributed by atoms with E-state index in [0.29, 0.717) is 0 Å². The van der Waals surface area contributed by atoms with Gasteiger partial charge in [-0.25, -0.2) is 9.97 Å². The van der Waals surface area contributed by atoms with Crippen LogP contribution in [0, 0.1) is 6.92 Å². The number of likely N-dealkylation sites (tertiary alicyclic amines) is 1. The molecule has 36 heavy (non-hydrogen) atoms. The summed E-state index contributed by atoms with van der Waals surface area (Å²) < 4.78 is 8.15. The van der Waals surface area contributed by atoms with E-state index in [-0.39, 0.29) is 5.41 Å². The van der Waals surface area contributed by atoms with E-state index < -0.39 is 0 Å². The van der Waals surface area contributed by atoms with Crippen LogP contribution in [0.4, 0.5) is 0 Å². The molecular weight excluding hydrogens is 446 g/mol. The first kappa shape index (κ1) is 24.2. The molecule has 0 amide bonds. The minimum Gasteiger partial charge on any atom is -0.492 e. The molecule has 1 aromatic carbocycles. The summed E-state index contributed by atoms with van der Waals surface area (Å²) in [6, 6.07) is 18.4. The monoisotopic (exact) mass is 481 g/mol. The highest BCUT2D eigenvalue weighted by molar-refractivity contribution is 5.70. The lowest BCUT2D eigenvalue weighted by atomic mass is 9.95. The van der Waals surface area contributed by atoms with Gasteiger partial charge in [-0.1, -0.05) is 26.8 Å². The maximum absolute atomic E-state index is 5.98. The number of pyridine rings is 2. The summed E-state index contributed by atoms with van der Waals surface area (Å²) in [7, 11) is 0. The van der Waals surface area contributed by atoms with Crippen molar-refractivity contribution in [2.45, 2.75) is 46.0 Å². The highest BCUT2D eigenvalue weighted by atomic mass is 16.5. The van der Waals surface area contributed by atoms with E-state index in [1.54, 1.807) is 0 Å². The zero-order valence-corrected chi connectivity index (χ0v) is 21.7. The maximum atomic E-state index is 5.98. The van der Waals surface area contributed by atoms with E-state index >= 15 is 0 Å². The zero-order valence-electron chi connectivity index (χ0n) is 21.7. The third-order valence-electron chi connectivity index (χ3n) is 6.72. The highest BCUT2D eigenvalue weighted by Crippen LogP contribution is 2.33. The van der Waals surface area contributed by atoms with Crippen molar-refractivity contribution in [1.82, 2.24) is 24.4 Å². The van der Waals surface area contributed by atoms with Gasteiger partial charge in [0.2, 0.25) is 0 Å². The summed E-state index contributed by atoms with van der Waals surface area (Å²) in [4.78, 5) is 16.8. The van der Waals surface area contributed by atoms with Crippen molar-refractivity contribution < 1.29 is 4.74 Å². The second kappa shape index (κ2) is 10.2. The molecule has 0 atom stereocenters. The molecule has 5 rings (SSSR count).